The summed E-state index contributed by atoms with van der Waals surface area (Å²) >= 11 is 1.49. The molecule has 1 aromatic heterocycles. The van der Waals surface area contributed by atoms with Crippen molar-refractivity contribution in [3.05, 3.63) is 35.9 Å². The van der Waals surface area contributed by atoms with Crippen molar-refractivity contribution in [3.8, 4) is 0 Å². The molecule has 0 radical (unpaired) electrons. The second-order valence-electron chi connectivity index (χ2n) is 8.73. The van der Waals surface area contributed by atoms with Crippen LogP contribution < -0.4 is 10.2 Å². The number of carboxylic acid groups (broad SMARTS) is 1. The Bertz CT molecular complexity index is 1260. The van der Waals surface area contributed by atoms with E-state index in [4.69, 9.17) is 4.42 Å². The average molecular weight is 482 g/mol. The number of nitrogens with zero attached hydrogens (tertiary/aromatic N) is 4. The Morgan fingerprint density at radius 1 is 1.18 bits per heavy atom. The number of fused-ring (bicyclic) bond motifs is 1. The van der Waals surface area contributed by atoms with E-state index in [0.29, 0.717) is 28.6 Å². The van der Waals surface area contributed by atoms with Crippen molar-refractivity contribution in [2.75, 3.05) is 29.6 Å². The van der Waals surface area contributed by atoms with Crippen LogP contribution in [-0.2, 0) is 4.79 Å². The molecule has 9 nitrogen and oxygen atoms in total. The zero-order chi connectivity index (χ0) is 24.4. The highest BCUT2D eigenvalue weighted by Crippen LogP contribution is 2.36. The monoisotopic (exact) mass is 481 g/mol. The highest BCUT2D eigenvalue weighted by Gasteiger charge is 2.23. The second-order valence-corrected chi connectivity index (χ2v) is 9.58. The van der Waals surface area contributed by atoms with Crippen molar-refractivity contribution in [1.82, 2.24) is 4.98 Å². The lowest BCUT2D eigenvalue weighted by Gasteiger charge is -2.36. The third-order valence-electron chi connectivity index (χ3n) is 5.71. The quantitative estimate of drug-likeness (QED) is 0.322. The van der Waals surface area contributed by atoms with Crippen molar-refractivity contribution in [2.45, 2.75) is 32.1 Å². The van der Waals surface area contributed by atoms with Gasteiger partial charge in [0.25, 0.3) is 0 Å². The third-order valence-corrected chi connectivity index (χ3v) is 6.48. The van der Waals surface area contributed by atoms with Crippen LogP contribution in [0.3, 0.4) is 0 Å². The van der Waals surface area contributed by atoms with E-state index >= 15 is 0 Å². The van der Waals surface area contributed by atoms with Crippen LogP contribution in [0, 0.1) is 11.8 Å². The number of hydrogen-bond donors (Lipinski definition) is 2. The number of benzene rings is 2. The zero-order valence-electron chi connectivity index (χ0n) is 19.5. The number of nitrogens with one attached hydrogen (secondary N) is 1. The zero-order valence-corrected chi connectivity index (χ0v) is 20.3. The molecule has 1 fully saturated rings. The molecule has 0 bridgehead atoms. The Kier molecular flexibility index (Phi) is 6.87. The number of thioether (sulfide) groups is 1. The van der Waals surface area contributed by atoms with Gasteiger partial charge in [-0.15, -0.1) is 16.9 Å². The van der Waals surface area contributed by atoms with E-state index in [1.165, 1.54) is 25.1 Å². The standard InChI is InChI=1S/C24H27N5O4S/c1-13-9-14(2)12-29(11-13)16-5-6-18(17(10-16)23(31)32)27-28-24-26-21-20(34-4)8-7-19(22(21)33-24)25-15(3)30/h5-8,10,13-14H,9,11-12H2,1-4H3,(H,25,30)(H,31,32). The molecule has 34 heavy (non-hydrogen) atoms. The number of azo groups is 1. The van der Waals surface area contributed by atoms with Crippen LogP contribution in [0.15, 0.2) is 49.9 Å². The minimum Gasteiger partial charge on any atom is -0.478 e. The van der Waals surface area contributed by atoms with Gasteiger partial charge in [0.2, 0.25) is 5.91 Å². The number of rotatable bonds is 6. The van der Waals surface area contributed by atoms with Gasteiger partial charge in [-0.05, 0) is 54.8 Å². The van der Waals surface area contributed by atoms with E-state index in [1.54, 1.807) is 18.2 Å². The molecular formula is C24H27N5O4S. The van der Waals surface area contributed by atoms with E-state index in [9.17, 15) is 14.7 Å². The molecule has 3 aromatic rings. The van der Waals surface area contributed by atoms with Gasteiger partial charge in [-0.2, -0.15) is 4.98 Å². The molecule has 1 aliphatic rings. The molecular weight excluding hydrogens is 454 g/mol. The van der Waals surface area contributed by atoms with Crippen LogP contribution in [-0.4, -0.2) is 41.3 Å². The van der Waals surface area contributed by atoms with Crippen LogP contribution in [0.2, 0.25) is 0 Å². The summed E-state index contributed by atoms with van der Waals surface area (Å²) in [6, 6.07) is 8.73. The molecule has 1 saturated heterocycles. The summed E-state index contributed by atoms with van der Waals surface area (Å²) in [6.45, 7) is 7.61. The maximum absolute atomic E-state index is 12.0. The van der Waals surface area contributed by atoms with E-state index in [-0.39, 0.29) is 23.2 Å². The Labute approximate surface area is 201 Å². The van der Waals surface area contributed by atoms with Crippen molar-refractivity contribution < 1.29 is 19.1 Å². The van der Waals surface area contributed by atoms with Gasteiger partial charge in [-0.3, -0.25) is 4.79 Å². The summed E-state index contributed by atoms with van der Waals surface area (Å²) in [5.74, 6) is -0.223. The summed E-state index contributed by atoms with van der Waals surface area (Å²) < 4.78 is 5.75. The number of oxazole rings is 1. The number of carboxylic acids is 1. The minimum atomic E-state index is -1.08. The van der Waals surface area contributed by atoms with Gasteiger partial charge < -0.3 is 19.7 Å². The first-order valence-electron chi connectivity index (χ1n) is 11.0. The van der Waals surface area contributed by atoms with Gasteiger partial charge in [0.1, 0.15) is 11.2 Å². The summed E-state index contributed by atoms with van der Waals surface area (Å²) in [7, 11) is 0. The summed E-state index contributed by atoms with van der Waals surface area (Å²) in [4.78, 5) is 31.0. The normalized spacial score (nSPS) is 18.5. The van der Waals surface area contributed by atoms with Crippen molar-refractivity contribution in [3.63, 3.8) is 0 Å². The van der Waals surface area contributed by atoms with Crippen LogP contribution in [0.4, 0.5) is 23.1 Å². The third kappa shape index (κ3) is 5.06. The molecule has 2 heterocycles. The SMILES string of the molecule is CSc1ccc(NC(C)=O)c2oc(N=Nc3ccc(N4CC(C)CC(C)C4)cc3C(=O)O)nc12. The lowest BCUT2D eigenvalue weighted by atomic mass is 9.91. The summed E-state index contributed by atoms with van der Waals surface area (Å²) in [5, 5.41) is 20.7. The van der Waals surface area contributed by atoms with Crippen LogP contribution in [0.1, 0.15) is 37.6 Å². The molecule has 2 atom stereocenters. The first-order chi connectivity index (χ1) is 16.2. The fourth-order valence-electron chi connectivity index (χ4n) is 4.42. The predicted octanol–water partition coefficient (Wildman–Crippen LogP) is 6.10. The molecule has 1 amide bonds. The van der Waals surface area contributed by atoms with Gasteiger partial charge >= 0.3 is 12.0 Å². The smallest absolute Gasteiger partial charge is 0.342 e. The Morgan fingerprint density at radius 2 is 1.91 bits per heavy atom. The van der Waals surface area contributed by atoms with Gasteiger partial charge in [0.05, 0.1) is 11.3 Å². The van der Waals surface area contributed by atoms with E-state index < -0.39 is 5.97 Å². The van der Waals surface area contributed by atoms with E-state index in [2.05, 4.69) is 39.3 Å². The number of piperidine rings is 1. The fraction of sp³-hybridized carbons (Fsp3) is 0.375. The molecule has 10 heteroatoms. The van der Waals surface area contributed by atoms with Gasteiger partial charge in [-0.1, -0.05) is 19.0 Å². The molecule has 4 rings (SSSR count). The largest absolute Gasteiger partial charge is 0.478 e. The second kappa shape index (κ2) is 9.84. The van der Waals surface area contributed by atoms with Crippen molar-refractivity contribution >= 4 is 57.8 Å². The van der Waals surface area contributed by atoms with Crippen LogP contribution in [0.5, 0.6) is 0 Å². The Morgan fingerprint density at radius 3 is 2.56 bits per heavy atom. The van der Waals surface area contributed by atoms with Gasteiger partial charge in [0, 0.05) is 30.6 Å². The Balaban J connectivity index is 1.66. The molecule has 2 N–H and O–H groups in total. The van der Waals surface area contributed by atoms with Crippen molar-refractivity contribution in [2.24, 2.45) is 22.1 Å². The van der Waals surface area contributed by atoms with Crippen LogP contribution >= 0.6 is 11.8 Å². The maximum Gasteiger partial charge on any atom is 0.342 e. The number of aromatic carboxylic acids is 1. The number of hydrogen-bond acceptors (Lipinski definition) is 8. The van der Waals surface area contributed by atoms with Crippen LogP contribution in [0.25, 0.3) is 11.1 Å². The number of carbonyl (C=O) groups is 2. The van der Waals surface area contributed by atoms with Gasteiger partial charge in [0.15, 0.2) is 5.58 Å². The molecule has 2 unspecified atom stereocenters. The highest BCUT2D eigenvalue weighted by atomic mass is 32.2. The lowest BCUT2D eigenvalue weighted by molar-refractivity contribution is -0.114. The van der Waals surface area contributed by atoms with E-state index in [0.717, 1.165) is 23.7 Å². The predicted molar refractivity (Wildman–Crippen MR) is 133 cm³/mol. The fourth-order valence-corrected chi connectivity index (χ4v) is 4.95. The topological polar surface area (TPSA) is 120 Å². The first-order valence-corrected chi connectivity index (χ1v) is 12.3. The van der Waals surface area contributed by atoms with Crippen molar-refractivity contribution in [1.29, 1.82) is 0 Å². The summed E-state index contributed by atoms with van der Waals surface area (Å²) in [6.07, 6.45) is 3.08. The number of amides is 1. The highest BCUT2D eigenvalue weighted by molar-refractivity contribution is 7.98. The van der Waals surface area contributed by atoms with Gasteiger partial charge in [-0.25, -0.2) is 4.79 Å². The molecule has 0 saturated carbocycles. The number of carbonyl (C=O) groups excluding carboxylic acids is 1. The molecule has 178 valence electrons. The number of aromatic nitrogens is 1. The molecule has 0 aliphatic carbocycles. The molecule has 2 aromatic carbocycles. The lowest BCUT2D eigenvalue weighted by Crippen LogP contribution is -2.38. The first kappa shape index (κ1) is 23.7. The maximum atomic E-state index is 12.0. The van der Waals surface area contributed by atoms with E-state index in [1.807, 2.05) is 18.4 Å². The molecule has 0 spiro atoms. The number of anilines is 2. The summed E-state index contributed by atoms with van der Waals surface area (Å²) in [5.41, 5.74) is 2.56. The Hall–Kier alpha value is -3.40. The minimum absolute atomic E-state index is 0.0257. The molecule has 1 aliphatic heterocycles. The average Bonchev–Trinajstić information content (AvgIpc) is 3.21.